The Morgan fingerprint density at radius 3 is 2.86 bits per heavy atom. The van der Waals surface area contributed by atoms with Crippen LogP contribution in [-0.4, -0.2) is 20.8 Å². The van der Waals surface area contributed by atoms with E-state index < -0.39 is 0 Å². The number of imidazole rings is 1. The summed E-state index contributed by atoms with van der Waals surface area (Å²) < 4.78 is 2.22. The topological polar surface area (TPSA) is 38.0 Å². The van der Waals surface area contributed by atoms with Gasteiger partial charge in [0, 0.05) is 25.1 Å². The smallest absolute Gasteiger partial charge is 0.112 e. The van der Waals surface area contributed by atoms with Crippen molar-refractivity contribution in [2.45, 2.75) is 44.1 Å². The van der Waals surface area contributed by atoms with Crippen molar-refractivity contribution in [3.8, 4) is 0 Å². The van der Waals surface area contributed by atoms with E-state index in [0.717, 1.165) is 19.3 Å². The summed E-state index contributed by atoms with van der Waals surface area (Å²) in [4.78, 5) is 4.70. The van der Waals surface area contributed by atoms with Crippen LogP contribution in [0.3, 0.4) is 0 Å². The lowest BCUT2D eigenvalue weighted by Gasteiger charge is -2.17. The molecule has 76 valence electrons. The molecule has 0 saturated heterocycles. The predicted molar refractivity (Wildman–Crippen MR) is 53.2 cm³/mol. The van der Waals surface area contributed by atoms with Crippen LogP contribution < -0.4 is 0 Å². The summed E-state index contributed by atoms with van der Waals surface area (Å²) in [6.45, 7) is 0. The summed E-state index contributed by atoms with van der Waals surface area (Å²) in [7, 11) is 2.09. The third-order valence-corrected chi connectivity index (χ3v) is 3.42. The predicted octanol–water partition coefficient (Wildman–Crippen LogP) is 1.15. The van der Waals surface area contributed by atoms with Crippen molar-refractivity contribution in [1.82, 2.24) is 9.55 Å². The van der Waals surface area contributed by atoms with Crippen molar-refractivity contribution in [3.63, 3.8) is 0 Å². The van der Waals surface area contributed by atoms with Crippen molar-refractivity contribution in [2.24, 2.45) is 7.05 Å². The normalized spacial score (nSPS) is 26.3. The van der Waals surface area contributed by atoms with Crippen molar-refractivity contribution in [2.75, 3.05) is 0 Å². The highest BCUT2D eigenvalue weighted by Crippen LogP contribution is 2.40. The second kappa shape index (κ2) is 2.83. The molecule has 0 aliphatic heterocycles. The molecule has 14 heavy (non-hydrogen) atoms. The monoisotopic (exact) mass is 192 g/mol. The molecule has 0 spiro atoms. The molecule has 0 amide bonds. The molecule has 1 heterocycles. The van der Waals surface area contributed by atoms with Gasteiger partial charge in [-0.1, -0.05) is 0 Å². The summed E-state index contributed by atoms with van der Waals surface area (Å²) in [6.07, 6.45) is 5.08. The van der Waals surface area contributed by atoms with E-state index in [1.807, 2.05) is 0 Å². The average molecular weight is 192 g/mol. The highest BCUT2D eigenvalue weighted by molar-refractivity contribution is 5.24. The summed E-state index contributed by atoms with van der Waals surface area (Å²) in [5, 5.41) is 9.60. The van der Waals surface area contributed by atoms with Crippen molar-refractivity contribution >= 4 is 0 Å². The van der Waals surface area contributed by atoms with Gasteiger partial charge in [0.2, 0.25) is 0 Å². The van der Waals surface area contributed by atoms with E-state index >= 15 is 0 Å². The number of aryl methyl sites for hydroxylation is 1. The van der Waals surface area contributed by atoms with Crippen molar-refractivity contribution < 1.29 is 5.11 Å². The number of fused-ring (bicyclic) bond motifs is 1. The molecule has 1 unspecified atom stereocenters. The highest BCUT2D eigenvalue weighted by atomic mass is 16.3. The molecule has 2 aliphatic rings. The van der Waals surface area contributed by atoms with Crippen LogP contribution in [0, 0.1) is 0 Å². The van der Waals surface area contributed by atoms with Crippen molar-refractivity contribution in [3.05, 3.63) is 17.2 Å². The second-order valence-corrected chi connectivity index (χ2v) is 4.59. The summed E-state index contributed by atoms with van der Waals surface area (Å²) in [5.41, 5.74) is 2.50. The van der Waals surface area contributed by atoms with Gasteiger partial charge in [-0.3, -0.25) is 0 Å². The third kappa shape index (κ3) is 1.19. The largest absolute Gasteiger partial charge is 0.393 e. The SMILES string of the molecule is Cn1c(C2CC2)nc2c1CC(O)CC2. The van der Waals surface area contributed by atoms with Gasteiger partial charge in [0.05, 0.1) is 11.8 Å². The van der Waals surface area contributed by atoms with Crippen LogP contribution in [0.2, 0.25) is 0 Å². The number of nitrogens with zero attached hydrogens (tertiary/aromatic N) is 2. The number of aromatic nitrogens is 2. The average Bonchev–Trinajstić information content (AvgIpc) is 2.95. The van der Waals surface area contributed by atoms with Crippen LogP contribution in [0.4, 0.5) is 0 Å². The second-order valence-electron chi connectivity index (χ2n) is 4.59. The number of hydrogen-bond donors (Lipinski definition) is 1. The van der Waals surface area contributed by atoms with Crippen LogP contribution in [-0.2, 0) is 19.9 Å². The van der Waals surface area contributed by atoms with Gasteiger partial charge in [-0.25, -0.2) is 4.98 Å². The number of aliphatic hydroxyl groups excluding tert-OH is 1. The van der Waals surface area contributed by atoms with Crippen LogP contribution in [0.5, 0.6) is 0 Å². The fourth-order valence-electron chi connectivity index (χ4n) is 2.40. The van der Waals surface area contributed by atoms with Gasteiger partial charge >= 0.3 is 0 Å². The van der Waals surface area contributed by atoms with Gasteiger partial charge < -0.3 is 9.67 Å². The molecule has 1 fully saturated rings. The van der Waals surface area contributed by atoms with E-state index in [4.69, 9.17) is 4.98 Å². The highest BCUT2D eigenvalue weighted by Gasteiger charge is 2.31. The quantitative estimate of drug-likeness (QED) is 0.724. The zero-order chi connectivity index (χ0) is 9.71. The van der Waals surface area contributed by atoms with E-state index in [1.54, 1.807) is 0 Å². The van der Waals surface area contributed by atoms with Gasteiger partial charge in [0.1, 0.15) is 5.82 Å². The van der Waals surface area contributed by atoms with Crippen LogP contribution >= 0.6 is 0 Å². The maximum absolute atomic E-state index is 9.60. The molecule has 0 aromatic carbocycles. The Morgan fingerprint density at radius 1 is 1.36 bits per heavy atom. The minimum atomic E-state index is -0.148. The molecule has 3 nitrogen and oxygen atoms in total. The lowest BCUT2D eigenvalue weighted by Crippen LogP contribution is -2.20. The Bertz CT molecular complexity index is 366. The molecule has 1 aromatic rings. The first-order valence-electron chi connectivity index (χ1n) is 5.48. The van der Waals surface area contributed by atoms with Gasteiger partial charge in [0.25, 0.3) is 0 Å². The molecule has 1 aromatic heterocycles. The maximum atomic E-state index is 9.60. The van der Waals surface area contributed by atoms with E-state index in [9.17, 15) is 5.11 Å². The Balaban J connectivity index is 2.02. The van der Waals surface area contributed by atoms with E-state index in [-0.39, 0.29) is 6.10 Å². The molecule has 3 rings (SSSR count). The summed E-state index contributed by atoms with van der Waals surface area (Å²) >= 11 is 0. The fourth-order valence-corrected chi connectivity index (χ4v) is 2.40. The minimum Gasteiger partial charge on any atom is -0.393 e. The standard InChI is InChI=1S/C11H16N2O/c1-13-10-6-8(14)4-5-9(10)12-11(13)7-2-3-7/h7-8,14H,2-6H2,1H3. The van der Waals surface area contributed by atoms with Gasteiger partial charge in [-0.2, -0.15) is 0 Å². The Morgan fingerprint density at radius 2 is 2.14 bits per heavy atom. The summed E-state index contributed by atoms with van der Waals surface area (Å²) in [5.74, 6) is 1.96. The van der Waals surface area contributed by atoms with Crippen LogP contribution in [0.15, 0.2) is 0 Å². The van der Waals surface area contributed by atoms with Gasteiger partial charge in [0.15, 0.2) is 0 Å². The molecule has 0 bridgehead atoms. The first kappa shape index (κ1) is 8.48. The minimum absolute atomic E-state index is 0.148. The molecule has 3 heteroatoms. The Hall–Kier alpha value is -0.830. The van der Waals surface area contributed by atoms with Crippen LogP contribution in [0.25, 0.3) is 0 Å². The molecular formula is C11H16N2O. The molecule has 0 radical (unpaired) electrons. The first-order chi connectivity index (χ1) is 6.75. The number of hydrogen-bond acceptors (Lipinski definition) is 2. The number of rotatable bonds is 1. The Labute approximate surface area is 83.8 Å². The van der Waals surface area contributed by atoms with Crippen LogP contribution in [0.1, 0.15) is 42.4 Å². The first-order valence-corrected chi connectivity index (χ1v) is 5.48. The zero-order valence-electron chi connectivity index (χ0n) is 8.53. The summed E-state index contributed by atoms with van der Waals surface area (Å²) in [6, 6.07) is 0. The van der Waals surface area contributed by atoms with E-state index in [0.29, 0.717) is 5.92 Å². The third-order valence-electron chi connectivity index (χ3n) is 3.42. The molecule has 1 N–H and O–H groups in total. The maximum Gasteiger partial charge on any atom is 0.112 e. The lowest BCUT2D eigenvalue weighted by atomic mass is 9.98. The van der Waals surface area contributed by atoms with E-state index in [2.05, 4.69) is 11.6 Å². The van der Waals surface area contributed by atoms with Gasteiger partial charge in [-0.15, -0.1) is 0 Å². The van der Waals surface area contributed by atoms with E-state index in [1.165, 1.54) is 30.1 Å². The van der Waals surface area contributed by atoms with Gasteiger partial charge in [-0.05, 0) is 25.7 Å². The Kier molecular flexibility index (Phi) is 1.71. The molecule has 1 atom stereocenters. The lowest BCUT2D eigenvalue weighted by molar-refractivity contribution is 0.155. The fraction of sp³-hybridized carbons (Fsp3) is 0.727. The van der Waals surface area contributed by atoms with Crippen molar-refractivity contribution in [1.29, 1.82) is 0 Å². The zero-order valence-corrected chi connectivity index (χ0v) is 8.53. The number of aliphatic hydroxyl groups is 1. The molecule has 1 saturated carbocycles. The molecular weight excluding hydrogens is 176 g/mol. The molecule has 2 aliphatic carbocycles.